The molecule has 2 amide bonds. The molecule has 0 aromatic heterocycles. The van der Waals surface area contributed by atoms with Crippen LogP contribution >= 0.6 is 0 Å². The van der Waals surface area contributed by atoms with E-state index < -0.39 is 15.9 Å². The highest BCUT2D eigenvalue weighted by molar-refractivity contribution is 7.92. The molecule has 3 aromatic rings. The van der Waals surface area contributed by atoms with Crippen molar-refractivity contribution in [2.24, 2.45) is 5.73 Å². The average Bonchev–Trinajstić information content (AvgIpc) is 2.73. The Bertz CT molecular complexity index is 1290. The average molecular weight is 466 g/mol. The number of sulfonamides is 1. The van der Waals surface area contributed by atoms with Crippen LogP contribution in [0.1, 0.15) is 52.6 Å². The molecule has 0 bridgehead atoms. The second kappa shape index (κ2) is 9.07. The molecule has 3 aromatic carbocycles. The van der Waals surface area contributed by atoms with Gasteiger partial charge in [-0.3, -0.25) is 14.3 Å². The Morgan fingerprint density at radius 3 is 1.91 bits per heavy atom. The van der Waals surface area contributed by atoms with Crippen LogP contribution in [0.3, 0.4) is 0 Å². The monoisotopic (exact) mass is 465 g/mol. The number of hydrogen-bond donors (Lipinski definition) is 3. The van der Waals surface area contributed by atoms with E-state index in [0.29, 0.717) is 28.1 Å². The third kappa shape index (κ3) is 5.78. The molecule has 0 fully saturated rings. The van der Waals surface area contributed by atoms with Crippen LogP contribution in [0.4, 0.5) is 11.4 Å². The number of nitrogens with two attached hydrogens (primary N) is 1. The maximum absolute atomic E-state index is 13.0. The van der Waals surface area contributed by atoms with Gasteiger partial charge in [-0.15, -0.1) is 0 Å². The summed E-state index contributed by atoms with van der Waals surface area (Å²) in [5.41, 5.74) is 8.13. The van der Waals surface area contributed by atoms with Gasteiger partial charge >= 0.3 is 0 Å². The largest absolute Gasteiger partial charge is 0.366 e. The van der Waals surface area contributed by atoms with Gasteiger partial charge in [-0.1, -0.05) is 32.9 Å². The zero-order valence-corrected chi connectivity index (χ0v) is 19.8. The zero-order chi connectivity index (χ0) is 24.4. The Morgan fingerprint density at radius 1 is 0.818 bits per heavy atom. The van der Waals surface area contributed by atoms with Crippen LogP contribution in [0.15, 0.2) is 71.6 Å². The van der Waals surface area contributed by atoms with Crippen LogP contribution in [-0.4, -0.2) is 20.2 Å². The number of aryl methyl sites for hydroxylation is 1. The fraction of sp³-hybridized carbons (Fsp3) is 0.200. The number of benzene rings is 3. The first-order valence-corrected chi connectivity index (χ1v) is 11.8. The summed E-state index contributed by atoms with van der Waals surface area (Å²) < 4.78 is 28.6. The van der Waals surface area contributed by atoms with Gasteiger partial charge in [-0.25, -0.2) is 8.42 Å². The van der Waals surface area contributed by atoms with Crippen LogP contribution in [0.5, 0.6) is 0 Å². The minimum atomic E-state index is -3.81. The van der Waals surface area contributed by atoms with Gasteiger partial charge in [0.05, 0.1) is 4.90 Å². The van der Waals surface area contributed by atoms with E-state index in [2.05, 4.69) is 10.0 Å². The quantitative estimate of drug-likeness (QED) is 0.498. The molecular formula is C25H27N3O4S. The van der Waals surface area contributed by atoms with Crippen LogP contribution in [0.2, 0.25) is 0 Å². The lowest BCUT2D eigenvalue weighted by atomic mass is 9.87. The van der Waals surface area contributed by atoms with Crippen molar-refractivity contribution in [3.05, 3.63) is 89.0 Å². The molecule has 4 N–H and O–H groups in total. The van der Waals surface area contributed by atoms with E-state index in [-0.39, 0.29) is 16.2 Å². The number of hydrogen-bond acceptors (Lipinski definition) is 4. The van der Waals surface area contributed by atoms with Crippen molar-refractivity contribution < 1.29 is 18.0 Å². The number of carbonyl (C=O) groups is 2. The maximum Gasteiger partial charge on any atom is 0.262 e. The Hall–Kier alpha value is -3.65. The first kappa shape index (κ1) is 24.0. The molecule has 0 atom stereocenters. The summed E-state index contributed by atoms with van der Waals surface area (Å²) in [5, 5.41) is 2.72. The number of nitrogens with one attached hydrogen (secondary N) is 2. The molecule has 0 aliphatic carbocycles. The van der Waals surface area contributed by atoms with Gasteiger partial charge in [0.15, 0.2) is 0 Å². The normalized spacial score (nSPS) is 11.6. The Balaban J connectivity index is 1.75. The summed E-state index contributed by atoms with van der Waals surface area (Å²) in [6.07, 6.45) is 0. The first-order valence-electron chi connectivity index (χ1n) is 10.3. The van der Waals surface area contributed by atoms with E-state index in [1.54, 1.807) is 31.2 Å². The van der Waals surface area contributed by atoms with Gasteiger partial charge < -0.3 is 11.1 Å². The topological polar surface area (TPSA) is 118 Å². The SMILES string of the molecule is Cc1ccc(C(C)(C)C)cc1S(=O)(=O)Nc1ccc(C(=O)Nc2ccc(C(N)=O)cc2)cc1. The van der Waals surface area contributed by atoms with Crippen molar-refractivity contribution in [2.45, 2.75) is 38.0 Å². The molecule has 172 valence electrons. The van der Waals surface area contributed by atoms with Crippen molar-refractivity contribution in [3.63, 3.8) is 0 Å². The summed E-state index contributed by atoms with van der Waals surface area (Å²) >= 11 is 0. The summed E-state index contributed by atoms with van der Waals surface area (Å²) in [5.74, 6) is -0.920. The van der Waals surface area contributed by atoms with E-state index in [0.717, 1.165) is 5.56 Å². The molecule has 0 unspecified atom stereocenters. The van der Waals surface area contributed by atoms with Crippen LogP contribution in [-0.2, 0) is 15.4 Å². The highest BCUT2D eigenvalue weighted by Crippen LogP contribution is 2.28. The number of carbonyl (C=O) groups excluding carboxylic acids is 2. The summed E-state index contributed by atoms with van der Waals surface area (Å²) in [6.45, 7) is 7.83. The van der Waals surface area contributed by atoms with Crippen molar-refractivity contribution >= 4 is 33.2 Å². The number of anilines is 2. The number of rotatable bonds is 6. The van der Waals surface area contributed by atoms with Crippen LogP contribution < -0.4 is 15.8 Å². The maximum atomic E-state index is 13.0. The molecule has 0 saturated heterocycles. The first-order chi connectivity index (χ1) is 15.4. The Labute approximate surface area is 194 Å². The molecule has 0 spiro atoms. The third-order valence-corrected chi connectivity index (χ3v) is 6.69. The van der Waals surface area contributed by atoms with Gasteiger partial charge in [-0.05, 0) is 78.1 Å². The number of primary amides is 1. The number of amides is 2. The highest BCUT2D eigenvalue weighted by atomic mass is 32.2. The van der Waals surface area contributed by atoms with E-state index in [4.69, 9.17) is 5.73 Å². The van der Waals surface area contributed by atoms with Gasteiger partial charge in [0.1, 0.15) is 0 Å². The zero-order valence-electron chi connectivity index (χ0n) is 19.0. The Morgan fingerprint density at radius 2 is 1.36 bits per heavy atom. The lowest BCUT2D eigenvalue weighted by Gasteiger charge is -2.21. The van der Waals surface area contributed by atoms with Crippen molar-refractivity contribution in [2.75, 3.05) is 10.0 Å². The lowest BCUT2D eigenvalue weighted by Crippen LogP contribution is -2.17. The van der Waals surface area contributed by atoms with E-state index >= 15 is 0 Å². The molecule has 0 saturated carbocycles. The summed E-state index contributed by atoms with van der Waals surface area (Å²) in [7, 11) is -3.81. The van der Waals surface area contributed by atoms with Gasteiger partial charge in [0.25, 0.3) is 15.9 Å². The van der Waals surface area contributed by atoms with Gasteiger partial charge in [0, 0.05) is 22.5 Å². The molecule has 0 heterocycles. The van der Waals surface area contributed by atoms with Crippen molar-refractivity contribution in [1.29, 1.82) is 0 Å². The van der Waals surface area contributed by atoms with Crippen LogP contribution in [0, 0.1) is 6.92 Å². The molecular weight excluding hydrogens is 438 g/mol. The van der Waals surface area contributed by atoms with Crippen molar-refractivity contribution in [1.82, 2.24) is 0 Å². The van der Waals surface area contributed by atoms with E-state index in [1.807, 2.05) is 26.8 Å². The molecule has 0 aliphatic heterocycles. The molecule has 33 heavy (non-hydrogen) atoms. The molecule has 3 rings (SSSR count). The molecule has 7 nitrogen and oxygen atoms in total. The fourth-order valence-corrected chi connectivity index (χ4v) is 4.51. The highest BCUT2D eigenvalue weighted by Gasteiger charge is 2.21. The summed E-state index contributed by atoms with van der Waals surface area (Å²) in [4.78, 5) is 23.8. The molecule has 8 heteroatoms. The molecule has 0 aliphatic rings. The fourth-order valence-electron chi connectivity index (χ4n) is 3.18. The minimum Gasteiger partial charge on any atom is -0.366 e. The Kier molecular flexibility index (Phi) is 6.60. The smallest absolute Gasteiger partial charge is 0.262 e. The van der Waals surface area contributed by atoms with E-state index in [1.165, 1.54) is 36.4 Å². The standard InChI is InChI=1S/C25H27N3O4S/c1-16-5-10-19(25(2,3)4)15-22(16)33(31,32)28-21-13-8-18(9-14-21)24(30)27-20-11-6-17(7-12-20)23(26)29/h5-15,28H,1-4H3,(H2,26,29)(H,27,30). The van der Waals surface area contributed by atoms with Gasteiger partial charge in [-0.2, -0.15) is 0 Å². The lowest BCUT2D eigenvalue weighted by molar-refractivity contribution is 0.0998. The second-order valence-corrected chi connectivity index (χ2v) is 10.5. The third-order valence-electron chi connectivity index (χ3n) is 5.17. The van der Waals surface area contributed by atoms with Crippen molar-refractivity contribution in [3.8, 4) is 0 Å². The van der Waals surface area contributed by atoms with E-state index in [9.17, 15) is 18.0 Å². The summed E-state index contributed by atoms with van der Waals surface area (Å²) in [6, 6.07) is 17.8. The van der Waals surface area contributed by atoms with Gasteiger partial charge in [0.2, 0.25) is 5.91 Å². The predicted octanol–water partition coefficient (Wildman–Crippen LogP) is 4.44. The molecule has 0 radical (unpaired) electrons. The second-order valence-electron chi connectivity index (χ2n) is 8.81. The van der Waals surface area contributed by atoms with Crippen LogP contribution in [0.25, 0.3) is 0 Å². The minimum absolute atomic E-state index is 0.187. The predicted molar refractivity (Wildman–Crippen MR) is 130 cm³/mol.